The molecule has 0 aliphatic heterocycles. The van der Waals surface area contributed by atoms with Crippen LogP contribution in [0.5, 0.6) is 0 Å². The van der Waals surface area contributed by atoms with Crippen molar-refractivity contribution < 1.29 is 19.0 Å². The summed E-state index contributed by atoms with van der Waals surface area (Å²) in [6, 6.07) is 0. The van der Waals surface area contributed by atoms with Gasteiger partial charge in [-0.3, -0.25) is 0 Å². The molecule has 0 aromatic carbocycles. The second kappa shape index (κ2) is 3.37. The lowest BCUT2D eigenvalue weighted by atomic mass is 11.1. The van der Waals surface area contributed by atoms with Gasteiger partial charge in [-0.2, -0.15) is 4.62 Å². The molecule has 0 heterocycles. The smallest absolute Gasteiger partial charge is 0.367 e. The monoisotopic (exact) mass is 170 g/mol. The summed E-state index contributed by atoms with van der Waals surface area (Å²) in [5.74, 6) is 4.14. The van der Waals surface area contributed by atoms with E-state index in [0.717, 1.165) is 0 Å². The lowest BCUT2D eigenvalue weighted by Gasteiger charge is -2.04. The summed E-state index contributed by atoms with van der Waals surface area (Å²) < 4.78 is 13.6. The summed E-state index contributed by atoms with van der Waals surface area (Å²) >= 11 is 0. The predicted octanol–water partition coefficient (Wildman–Crippen LogP) is -2.21. The predicted molar refractivity (Wildman–Crippen MR) is 32.1 cm³/mol. The Balaban J connectivity index is 3.67. The van der Waals surface area contributed by atoms with Gasteiger partial charge in [0.05, 0.1) is 0 Å². The first-order valence-electron chi connectivity index (χ1n) is 1.99. The molecule has 10 heavy (non-hydrogen) atoms. The summed E-state index contributed by atoms with van der Waals surface area (Å²) in [7, 11) is -4.56. The van der Waals surface area contributed by atoms with Gasteiger partial charge in [0, 0.05) is 0 Å². The van der Waals surface area contributed by atoms with Crippen LogP contribution in [-0.4, -0.2) is 15.7 Å². The van der Waals surface area contributed by atoms with Crippen LogP contribution in [0, 0.1) is 0 Å². The zero-order valence-corrected chi connectivity index (χ0v) is 5.65. The Hall–Kier alpha value is -0.820. The van der Waals surface area contributed by atoms with Crippen LogP contribution in [0.3, 0.4) is 0 Å². The molecular weight excluding hydrogens is 163 g/mol. The fourth-order valence-electron chi connectivity index (χ4n) is 0.133. The van der Waals surface area contributed by atoms with Crippen molar-refractivity contribution in [3.8, 4) is 0 Å². The van der Waals surface area contributed by atoms with E-state index in [1.165, 1.54) is 0 Å². The number of nitrogens with two attached hydrogens (primary N) is 2. The Bertz CT molecular complexity index is 172. The third kappa shape index (κ3) is 5.32. The minimum atomic E-state index is -4.56. The fourth-order valence-corrected chi connectivity index (χ4v) is 0.345. The van der Waals surface area contributed by atoms with E-state index in [2.05, 4.69) is 15.6 Å². The summed E-state index contributed by atoms with van der Waals surface area (Å²) in [6.07, 6.45) is 0. The quantitative estimate of drug-likeness (QED) is 0.104. The molecule has 0 unspecified atom stereocenters. The summed E-state index contributed by atoms with van der Waals surface area (Å²) in [6.45, 7) is 0. The van der Waals surface area contributed by atoms with Crippen molar-refractivity contribution >= 4 is 13.8 Å². The fraction of sp³-hybridized carbons (Fsp3) is 0. The first kappa shape index (κ1) is 9.18. The Morgan fingerprint density at radius 1 is 1.70 bits per heavy atom. The Morgan fingerprint density at radius 3 is 2.50 bits per heavy atom. The molecule has 0 aliphatic rings. The van der Waals surface area contributed by atoms with Crippen molar-refractivity contribution in [1.82, 2.24) is 5.48 Å². The number of nitrogens with one attached hydrogen (secondary N) is 1. The van der Waals surface area contributed by atoms with Gasteiger partial charge >= 0.3 is 7.82 Å². The zero-order chi connectivity index (χ0) is 8.20. The number of phosphoric acid groups is 1. The van der Waals surface area contributed by atoms with Crippen LogP contribution in [0.4, 0.5) is 0 Å². The van der Waals surface area contributed by atoms with Gasteiger partial charge in [-0.25, -0.2) is 10.0 Å². The molecule has 0 amide bonds. The van der Waals surface area contributed by atoms with Crippen molar-refractivity contribution in [3.63, 3.8) is 0 Å². The van der Waals surface area contributed by atoms with Gasteiger partial charge in [0.2, 0.25) is 5.96 Å². The molecule has 0 aromatic heterocycles. The molecule has 0 saturated heterocycles. The summed E-state index contributed by atoms with van der Waals surface area (Å²) in [5, 5.41) is 2.81. The lowest BCUT2D eigenvalue weighted by Crippen LogP contribution is -2.31. The second-order valence-electron chi connectivity index (χ2n) is 1.20. The van der Waals surface area contributed by atoms with Gasteiger partial charge in [-0.1, -0.05) is 0 Å². The molecule has 0 fully saturated rings. The SMILES string of the molecule is NN=C(N)NOP(=O)(O)O. The van der Waals surface area contributed by atoms with E-state index in [9.17, 15) is 4.57 Å². The number of hydrogen-bond acceptors (Lipinski definition) is 4. The summed E-state index contributed by atoms with van der Waals surface area (Å²) in [5.41, 5.74) is 6.44. The topological polar surface area (TPSA) is 143 Å². The molecule has 60 valence electrons. The average molecular weight is 170 g/mol. The largest absolute Gasteiger partial charge is 0.491 e. The van der Waals surface area contributed by atoms with Crippen molar-refractivity contribution in [2.45, 2.75) is 0 Å². The number of hydrazone groups is 1. The highest BCUT2D eigenvalue weighted by molar-refractivity contribution is 7.46. The van der Waals surface area contributed by atoms with Crippen molar-refractivity contribution in [1.29, 1.82) is 0 Å². The van der Waals surface area contributed by atoms with Crippen LogP contribution in [0.25, 0.3) is 0 Å². The maximum atomic E-state index is 9.91. The van der Waals surface area contributed by atoms with Crippen LogP contribution in [0.2, 0.25) is 0 Å². The normalized spacial score (nSPS) is 13.2. The average Bonchev–Trinajstić information content (AvgIpc) is 1.81. The maximum absolute atomic E-state index is 9.91. The van der Waals surface area contributed by atoms with Gasteiger partial charge < -0.3 is 21.4 Å². The van der Waals surface area contributed by atoms with Gasteiger partial charge in [0.15, 0.2) is 0 Å². The highest BCUT2D eigenvalue weighted by Gasteiger charge is 2.13. The van der Waals surface area contributed by atoms with Crippen molar-refractivity contribution in [3.05, 3.63) is 0 Å². The van der Waals surface area contributed by atoms with Crippen LogP contribution >= 0.6 is 7.82 Å². The molecule has 0 rings (SSSR count). The van der Waals surface area contributed by atoms with Crippen LogP contribution in [0.15, 0.2) is 5.10 Å². The molecule has 0 aliphatic carbocycles. The van der Waals surface area contributed by atoms with Crippen LogP contribution in [-0.2, 0) is 9.19 Å². The molecule has 8 nitrogen and oxygen atoms in total. The van der Waals surface area contributed by atoms with E-state index in [1.54, 1.807) is 5.48 Å². The minimum absolute atomic E-state index is 0.427. The highest BCUT2D eigenvalue weighted by atomic mass is 31.2. The minimum Gasteiger partial charge on any atom is -0.367 e. The number of nitrogens with zero attached hydrogens (tertiary/aromatic N) is 1. The van der Waals surface area contributed by atoms with Crippen LogP contribution in [0.1, 0.15) is 0 Å². The molecule has 7 N–H and O–H groups in total. The van der Waals surface area contributed by atoms with Gasteiger partial charge in [-0.15, -0.1) is 5.10 Å². The van der Waals surface area contributed by atoms with Gasteiger partial charge in [0.1, 0.15) is 0 Å². The van der Waals surface area contributed by atoms with E-state index in [4.69, 9.17) is 15.5 Å². The molecule has 0 saturated carbocycles. The van der Waals surface area contributed by atoms with Crippen LogP contribution < -0.4 is 17.1 Å². The third-order valence-electron chi connectivity index (χ3n) is 0.408. The third-order valence-corrected chi connectivity index (χ3v) is 0.737. The van der Waals surface area contributed by atoms with E-state index >= 15 is 0 Å². The summed E-state index contributed by atoms with van der Waals surface area (Å²) in [4.78, 5) is 16.1. The maximum Gasteiger partial charge on any atom is 0.491 e. The first-order chi connectivity index (χ1) is 4.45. The van der Waals surface area contributed by atoms with E-state index < -0.39 is 13.8 Å². The molecule has 9 heteroatoms. The van der Waals surface area contributed by atoms with Crippen molar-refractivity contribution in [2.75, 3.05) is 0 Å². The molecular formula is CH7N4O4P. The Morgan fingerprint density at radius 2 is 2.20 bits per heavy atom. The van der Waals surface area contributed by atoms with E-state index in [0.29, 0.717) is 0 Å². The molecule has 0 radical (unpaired) electrons. The number of rotatable bonds is 2. The van der Waals surface area contributed by atoms with E-state index in [-0.39, 0.29) is 0 Å². The Labute approximate surface area is 56.0 Å². The molecule has 0 bridgehead atoms. The standard InChI is InChI=1S/CH7N4O4P/c2-1(4-3)5-9-10(6,7)8/h3H2,(H3,2,4,5)(H2,6,7,8). The first-order valence-corrected chi connectivity index (χ1v) is 3.52. The second-order valence-corrected chi connectivity index (χ2v) is 2.36. The van der Waals surface area contributed by atoms with Crippen molar-refractivity contribution in [2.24, 2.45) is 16.7 Å². The highest BCUT2D eigenvalue weighted by Crippen LogP contribution is 2.33. The molecule has 0 spiro atoms. The number of hydroxylamine groups is 1. The number of guanidine groups is 1. The van der Waals surface area contributed by atoms with Gasteiger partial charge in [-0.05, 0) is 0 Å². The lowest BCUT2D eigenvalue weighted by molar-refractivity contribution is 0.163. The molecule has 0 atom stereocenters. The number of hydrogen-bond donors (Lipinski definition) is 5. The van der Waals surface area contributed by atoms with Gasteiger partial charge in [0.25, 0.3) is 0 Å². The molecule has 0 aromatic rings. The Kier molecular flexibility index (Phi) is 3.10. The van der Waals surface area contributed by atoms with E-state index in [1.807, 2.05) is 0 Å². The zero-order valence-electron chi connectivity index (χ0n) is 4.76.